The number of nitrogens with zero attached hydrogens (tertiary/aromatic N) is 1. The first-order valence-corrected chi connectivity index (χ1v) is 18.2. The molecule has 3 heterocycles. The maximum absolute atomic E-state index is 12.6. The highest BCUT2D eigenvalue weighted by Gasteiger charge is 2.42. The lowest BCUT2D eigenvalue weighted by molar-refractivity contribution is -0.121. The summed E-state index contributed by atoms with van der Waals surface area (Å²) in [6.07, 6.45) is 8.26. The Morgan fingerprint density at radius 2 is 1.85 bits per heavy atom. The van der Waals surface area contributed by atoms with Crippen molar-refractivity contribution < 1.29 is 28.6 Å². The third kappa shape index (κ3) is 13.1. The topological polar surface area (TPSA) is 140 Å². The number of rotatable bonds is 21. The third-order valence-electron chi connectivity index (χ3n) is 7.84. The highest BCUT2D eigenvalue weighted by atomic mass is 79.9. The number of amides is 4. The summed E-state index contributed by atoms with van der Waals surface area (Å²) in [6.45, 7) is 4.72. The lowest BCUT2D eigenvalue weighted by Crippen LogP contribution is -2.36. The van der Waals surface area contributed by atoms with Crippen molar-refractivity contribution in [2.24, 2.45) is 0 Å². The van der Waals surface area contributed by atoms with Crippen LogP contribution in [0.3, 0.4) is 0 Å². The molecule has 4 amide bonds. The Bertz CT molecular complexity index is 1320. The standard InChI is InChI=1S/C34H46BrN5O6S/c1-2-6-27(38-32(42)16-13-25-7-5-9-30(35)37-25)24-11-14-26(15-12-24)46-22-21-45-20-19-44-18-17-36-31(41)10-4-3-8-29-33-28(23-47-29)39-34(43)40-33/h5,7,9,11-16,27-29,33H,2-4,6,8,10,17-23H2,1H3,(H,36,41)(H,38,42)(H2,39,40,43)/b16-13+/t27?,28-,29-,33-/m0/s1. The predicted molar refractivity (Wildman–Crippen MR) is 187 cm³/mol. The molecule has 0 bridgehead atoms. The van der Waals surface area contributed by atoms with Gasteiger partial charge in [0, 0.05) is 30.0 Å². The van der Waals surface area contributed by atoms with Crippen LogP contribution in [0, 0.1) is 0 Å². The van der Waals surface area contributed by atoms with Crippen molar-refractivity contribution in [3.05, 3.63) is 64.4 Å². The van der Waals surface area contributed by atoms with Crippen LogP contribution in [0.1, 0.15) is 62.7 Å². The fourth-order valence-electron chi connectivity index (χ4n) is 5.47. The Labute approximate surface area is 289 Å². The summed E-state index contributed by atoms with van der Waals surface area (Å²) < 4.78 is 17.7. The largest absolute Gasteiger partial charge is 0.491 e. The van der Waals surface area contributed by atoms with Crippen LogP contribution in [-0.2, 0) is 19.1 Å². The molecule has 2 fully saturated rings. The van der Waals surface area contributed by atoms with Gasteiger partial charge in [-0.1, -0.05) is 38.0 Å². The molecule has 13 heteroatoms. The van der Waals surface area contributed by atoms with Crippen molar-refractivity contribution in [1.29, 1.82) is 0 Å². The van der Waals surface area contributed by atoms with Gasteiger partial charge < -0.3 is 35.5 Å². The molecule has 0 aliphatic carbocycles. The molecule has 4 atom stereocenters. The van der Waals surface area contributed by atoms with Gasteiger partial charge in [0.05, 0.1) is 50.2 Å². The van der Waals surface area contributed by atoms with E-state index in [0.29, 0.717) is 56.9 Å². The molecule has 256 valence electrons. The number of hydrogen-bond acceptors (Lipinski definition) is 8. The number of halogens is 1. The van der Waals surface area contributed by atoms with E-state index in [1.54, 1.807) is 6.08 Å². The monoisotopic (exact) mass is 731 g/mol. The zero-order chi connectivity index (χ0) is 33.3. The average Bonchev–Trinajstić information content (AvgIpc) is 3.62. The van der Waals surface area contributed by atoms with Crippen LogP contribution in [0.2, 0.25) is 0 Å². The number of nitrogens with one attached hydrogen (secondary N) is 4. The van der Waals surface area contributed by atoms with Gasteiger partial charge in [-0.15, -0.1) is 0 Å². The SMILES string of the molecule is CCCC(NC(=O)/C=C/c1cccc(Br)n1)c1ccc(OCCOCCOCCNC(=O)CCCC[C@@H]2SC[C@@H]3NC(=O)N[C@@H]32)cc1. The zero-order valence-corrected chi connectivity index (χ0v) is 29.3. The van der Waals surface area contributed by atoms with Gasteiger partial charge in [-0.25, -0.2) is 9.78 Å². The second-order valence-corrected chi connectivity index (χ2v) is 13.5. The van der Waals surface area contributed by atoms with Gasteiger partial charge in [0.2, 0.25) is 11.8 Å². The number of thioether (sulfide) groups is 1. The highest BCUT2D eigenvalue weighted by molar-refractivity contribution is 9.10. The van der Waals surface area contributed by atoms with Crippen molar-refractivity contribution in [1.82, 2.24) is 26.3 Å². The first-order chi connectivity index (χ1) is 22.9. The molecule has 1 aromatic heterocycles. The summed E-state index contributed by atoms with van der Waals surface area (Å²) >= 11 is 5.24. The van der Waals surface area contributed by atoms with E-state index in [-0.39, 0.29) is 36.0 Å². The van der Waals surface area contributed by atoms with E-state index in [1.807, 2.05) is 54.2 Å². The second-order valence-electron chi connectivity index (χ2n) is 11.4. The number of urea groups is 1. The predicted octanol–water partition coefficient (Wildman–Crippen LogP) is 4.77. The Morgan fingerprint density at radius 1 is 1.06 bits per heavy atom. The fraction of sp³-hybridized carbons (Fsp3) is 0.529. The van der Waals surface area contributed by atoms with Gasteiger partial charge in [0.1, 0.15) is 17.0 Å². The first kappa shape index (κ1) is 36.7. The fourth-order valence-corrected chi connectivity index (χ4v) is 7.37. The molecule has 4 rings (SSSR count). The summed E-state index contributed by atoms with van der Waals surface area (Å²) in [5.41, 5.74) is 1.72. The van der Waals surface area contributed by atoms with Crippen molar-refractivity contribution in [3.63, 3.8) is 0 Å². The molecule has 47 heavy (non-hydrogen) atoms. The van der Waals surface area contributed by atoms with Crippen LogP contribution in [0.4, 0.5) is 4.79 Å². The summed E-state index contributed by atoms with van der Waals surface area (Å²) in [5, 5.41) is 12.4. The second kappa shape index (κ2) is 20.3. The van der Waals surface area contributed by atoms with Crippen molar-refractivity contribution >= 4 is 51.6 Å². The summed E-state index contributed by atoms with van der Waals surface area (Å²) in [6, 6.07) is 13.6. The number of hydrogen-bond donors (Lipinski definition) is 4. The zero-order valence-electron chi connectivity index (χ0n) is 26.9. The minimum atomic E-state index is -0.171. The van der Waals surface area contributed by atoms with E-state index in [0.717, 1.165) is 53.8 Å². The quantitative estimate of drug-likeness (QED) is 0.0624. The van der Waals surface area contributed by atoms with Gasteiger partial charge in [-0.3, -0.25) is 9.59 Å². The van der Waals surface area contributed by atoms with E-state index in [1.165, 1.54) is 6.08 Å². The number of aromatic nitrogens is 1. The smallest absolute Gasteiger partial charge is 0.315 e. The van der Waals surface area contributed by atoms with Crippen LogP contribution < -0.4 is 26.0 Å². The Kier molecular flexibility index (Phi) is 15.8. The molecular weight excluding hydrogens is 686 g/mol. The molecule has 2 saturated heterocycles. The van der Waals surface area contributed by atoms with E-state index < -0.39 is 0 Å². The van der Waals surface area contributed by atoms with Crippen LogP contribution in [-0.4, -0.2) is 85.5 Å². The first-order valence-electron chi connectivity index (χ1n) is 16.4. The van der Waals surface area contributed by atoms with Crippen molar-refractivity contribution in [3.8, 4) is 5.75 Å². The number of fused-ring (bicyclic) bond motifs is 1. The van der Waals surface area contributed by atoms with Gasteiger partial charge in [-0.2, -0.15) is 11.8 Å². The van der Waals surface area contributed by atoms with Crippen LogP contribution in [0.25, 0.3) is 6.08 Å². The van der Waals surface area contributed by atoms with E-state index in [9.17, 15) is 14.4 Å². The molecule has 2 aliphatic heterocycles. The lowest BCUT2D eigenvalue weighted by Gasteiger charge is -2.18. The molecule has 4 N–H and O–H groups in total. The van der Waals surface area contributed by atoms with Crippen molar-refractivity contribution in [2.75, 3.05) is 45.3 Å². The van der Waals surface area contributed by atoms with Gasteiger partial charge >= 0.3 is 6.03 Å². The third-order valence-corrected chi connectivity index (χ3v) is 9.79. The number of unbranched alkanes of at least 4 members (excludes halogenated alkanes) is 1. The molecule has 0 saturated carbocycles. The van der Waals surface area contributed by atoms with Gasteiger partial charge in [-0.05, 0) is 71.1 Å². The summed E-state index contributed by atoms with van der Waals surface area (Å²) in [5.74, 6) is 1.56. The molecule has 1 aromatic carbocycles. The number of pyridine rings is 1. The van der Waals surface area contributed by atoms with Crippen LogP contribution in [0.5, 0.6) is 5.75 Å². The Morgan fingerprint density at radius 3 is 2.64 bits per heavy atom. The summed E-state index contributed by atoms with van der Waals surface area (Å²) in [7, 11) is 0. The normalized spacial score (nSPS) is 19.2. The lowest BCUT2D eigenvalue weighted by atomic mass is 10.0. The molecule has 11 nitrogen and oxygen atoms in total. The van der Waals surface area contributed by atoms with E-state index in [4.69, 9.17) is 14.2 Å². The summed E-state index contributed by atoms with van der Waals surface area (Å²) in [4.78, 5) is 40.4. The van der Waals surface area contributed by atoms with Crippen LogP contribution in [0.15, 0.2) is 53.1 Å². The molecular formula is C34H46BrN5O6S. The number of carbonyl (C=O) groups excluding carboxylic acids is 3. The van der Waals surface area contributed by atoms with Gasteiger partial charge in [0.15, 0.2) is 0 Å². The molecule has 2 aromatic rings. The number of carbonyl (C=O) groups is 3. The number of benzene rings is 1. The van der Waals surface area contributed by atoms with E-state index in [2.05, 4.69) is 49.1 Å². The van der Waals surface area contributed by atoms with Crippen molar-refractivity contribution in [2.45, 2.75) is 68.8 Å². The maximum Gasteiger partial charge on any atom is 0.315 e. The molecule has 0 radical (unpaired) electrons. The van der Waals surface area contributed by atoms with Crippen LogP contribution >= 0.6 is 27.7 Å². The minimum absolute atomic E-state index is 0.0378. The minimum Gasteiger partial charge on any atom is -0.491 e. The molecule has 1 unspecified atom stereocenters. The Balaban J connectivity index is 0.987. The average molecular weight is 733 g/mol. The number of ether oxygens (including phenoxy) is 3. The highest BCUT2D eigenvalue weighted by Crippen LogP contribution is 2.33. The van der Waals surface area contributed by atoms with E-state index >= 15 is 0 Å². The molecule has 2 aliphatic rings. The van der Waals surface area contributed by atoms with Gasteiger partial charge in [0.25, 0.3) is 0 Å². The Hall–Kier alpha value is -3.13. The molecule has 0 spiro atoms. The maximum atomic E-state index is 12.6.